The van der Waals surface area contributed by atoms with Crippen molar-refractivity contribution in [2.75, 3.05) is 7.05 Å². The van der Waals surface area contributed by atoms with Crippen LogP contribution in [0.1, 0.15) is 10.4 Å². The molecule has 2 aromatic rings. The van der Waals surface area contributed by atoms with Crippen LogP contribution in [-0.2, 0) is 16.6 Å². The van der Waals surface area contributed by atoms with E-state index in [0.717, 1.165) is 26.9 Å². The summed E-state index contributed by atoms with van der Waals surface area (Å²) in [6, 6.07) is 4.16. The predicted molar refractivity (Wildman–Crippen MR) is 74.1 cm³/mol. The van der Waals surface area contributed by atoms with Crippen molar-refractivity contribution in [2.24, 2.45) is 0 Å². The molecule has 0 aliphatic carbocycles. The second-order valence-electron chi connectivity index (χ2n) is 4.39. The summed E-state index contributed by atoms with van der Waals surface area (Å²) < 4.78 is 51.9. The van der Waals surface area contributed by atoms with Gasteiger partial charge in [0.1, 0.15) is 11.6 Å². The number of thiophene rings is 1. The van der Waals surface area contributed by atoms with Gasteiger partial charge >= 0.3 is 0 Å². The molecule has 1 heterocycles. The molecule has 0 saturated heterocycles. The lowest BCUT2D eigenvalue weighted by Gasteiger charge is -2.17. The van der Waals surface area contributed by atoms with Gasteiger partial charge in [0.15, 0.2) is 0 Å². The zero-order valence-corrected chi connectivity index (χ0v) is 12.6. The van der Waals surface area contributed by atoms with Crippen LogP contribution in [-0.4, -0.2) is 19.8 Å². The predicted octanol–water partition coefficient (Wildman–Crippen LogP) is 3.16. The maximum absolute atomic E-state index is 13.1. The first-order valence-corrected chi connectivity index (χ1v) is 8.08. The maximum atomic E-state index is 13.1. The summed E-state index contributed by atoms with van der Waals surface area (Å²) in [5.41, 5.74) is 0.988. The molecule has 0 spiro atoms. The van der Waals surface area contributed by atoms with E-state index in [0.29, 0.717) is 6.07 Å². The van der Waals surface area contributed by atoms with E-state index in [1.807, 2.05) is 18.4 Å². The van der Waals surface area contributed by atoms with E-state index in [1.165, 1.54) is 18.4 Å². The highest BCUT2D eigenvalue weighted by molar-refractivity contribution is 7.89. The topological polar surface area (TPSA) is 37.4 Å². The van der Waals surface area contributed by atoms with E-state index < -0.39 is 21.7 Å². The Hall–Kier alpha value is -1.31. The summed E-state index contributed by atoms with van der Waals surface area (Å²) in [5.74, 6) is -1.83. The Morgan fingerprint density at radius 3 is 2.30 bits per heavy atom. The monoisotopic (exact) mass is 317 g/mol. The van der Waals surface area contributed by atoms with Crippen LogP contribution in [0.2, 0.25) is 0 Å². The van der Waals surface area contributed by atoms with Gasteiger partial charge in [-0.3, -0.25) is 0 Å². The smallest absolute Gasteiger partial charge is 0.207 e. The Kier molecular flexibility index (Phi) is 4.22. The molecular weight excluding hydrogens is 304 g/mol. The molecule has 7 heteroatoms. The third kappa shape index (κ3) is 3.05. The number of sulfonamides is 1. The van der Waals surface area contributed by atoms with Crippen molar-refractivity contribution in [1.82, 2.24) is 4.31 Å². The van der Waals surface area contributed by atoms with Gasteiger partial charge in [-0.15, -0.1) is 11.3 Å². The molecule has 0 fully saturated rings. The second-order valence-corrected chi connectivity index (χ2v) is 7.44. The normalized spacial score (nSPS) is 12.1. The van der Waals surface area contributed by atoms with Gasteiger partial charge in [-0.25, -0.2) is 17.2 Å². The minimum Gasteiger partial charge on any atom is -0.207 e. The minimum absolute atomic E-state index is 0.171. The van der Waals surface area contributed by atoms with E-state index in [-0.39, 0.29) is 11.4 Å². The second kappa shape index (κ2) is 5.59. The van der Waals surface area contributed by atoms with Gasteiger partial charge in [0.2, 0.25) is 10.0 Å². The van der Waals surface area contributed by atoms with Crippen LogP contribution < -0.4 is 0 Å². The number of hydrogen-bond acceptors (Lipinski definition) is 3. The van der Waals surface area contributed by atoms with Crippen molar-refractivity contribution in [1.29, 1.82) is 0 Å². The first kappa shape index (κ1) is 15.1. The van der Waals surface area contributed by atoms with Crippen LogP contribution in [0.4, 0.5) is 8.78 Å². The van der Waals surface area contributed by atoms with Crippen molar-refractivity contribution >= 4 is 21.4 Å². The van der Waals surface area contributed by atoms with E-state index in [2.05, 4.69) is 0 Å². The van der Waals surface area contributed by atoms with Gasteiger partial charge in [0, 0.05) is 24.5 Å². The first-order valence-electron chi connectivity index (χ1n) is 5.76. The Morgan fingerprint density at radius 2 is 1.80 bits per heavy atom. The molecule has 2 rings (SSSR count). The molecule has 20 heavy (non-hydrogen) atoms. The number of halogens is 2. The molecule has 0 bridgehead atoms. The summed E-state index contributed by atoms with van der Waals surface area (Å²) in [5, 5.41) is 1.87. The largest absolute Gasteiger partial charge is 0.243 e. The van der Waals surface area contributed by atoms with Crippen LogP contribution in [0.5, 0.6) is 0 Å². The van der Waals surface area contributed by atoms with Crippen LogP contribution in [0.3, 0.4) is 0 Å². The number of nitrogens with zero attached hydrogens (tertiary/aromatic N) is 1. The molecule has 0 aliphatic rings. The fourth-order valence-corrected chi connectivity index (χ4v) is 3.93. The lowest BCUT2D eigenvalue weighted by Crippen LogP contribution is -2.26. The molecular formula is C13H13F2NO2S2. The van der Waals surface area contributed by atoms with Crippen molar-refractivity contribution < 1.29 is 17.2 Å². The van der Waals surface area contributed by atoms with Crippen molar-refractivity contribution in [3.63, 3.8) is 0 Å². The van der Waals surface area contributed by atoms with Gasteiger partial charge in [-0.1, -0.05) is 0 Å². The Bertz CT molecular complexity index is 705. The Balaban J connectivity index is 2.32. The standard InChI is InChI=1S/C13H13F2NO2S2/c1-9-3-4-19-13(9)8-16(2)20(17,18)12-6-10(14)5-11(15)7-12/h3-7H,8H2,1-2H3. The quantitative estimate of drug-likeness (QED) is 0.868. The average Bonchev–Trinajstić information content (AvgIpc) is 2.73. The molecule has 0 radical (unpaired) electrons. The van der Waals surface area contributed by atoms with Gasteiger partial charge < -0.3 is 0 Å². The number of rotatable bonds is 4. The third-order valence-electron chi connectivity index (χ3n) is 2.88. The zero-order valence-electron chi connectivity index (χ0n) is 10.9. The molecule has 108 valence electrons. The lowest BCUT2D eigenvalue weighted by atomic mass is 10.3. The zero-order chi connectivity index (χ0) is 14.9. The molecule has 0 saturated carbocycles. The summed E-state index contributed by atoms with van der Waals surface area (Å²) in [6.45, 7) is 2.05. The van der Waals surface area contributed by atoms with E-state index >= 15 is 0 Å². The van der Waals surface area contributed by atoms with Crippen molar-refractivity contribution in [3.05, 3.63) is 51.7 Å². The highest BCUT2D eigenvalue weighted by Gasteiger charge is 2.23. The number of aryl methyl sites for hydroxylation is 1. The Labute approximate surface area is 120 Å². The molecule has 3 nitrogen and oxygen atoms in total. The molecule has 0 unspecified atom stereocenters. The summed E-state index contributed by atoms with van der Waals surface area (Å²) in [7, 11) is -2.53. The maximum Gasteiger partial charge on any atom is 0.243 e. The van der Waals surface area contributed by atoms with Gasteiger partial charge in [0.25, 0.3) is 0 Å². The first-order chi connectivity index (χ1) is 9.30. The third-order valence-corrected chi connectivity index (χ3v) is 5.67. The van der Waals surface area contributed by atoms with Crippen LogP contribution in [0, 0.1) is 18.6 Å². The molecule has 1 aromatic heterocycles. The SMILES string of the molecule is Cc1ccsc1CN(C)S(=O)(=O)c1cc(F)cc(F)c1. The highest BCUT2D eigenvalue weighted by Crippen LogP contribution is 2.22. The Morgan fingerprint density at radius 1 is 1.20 bits per heavy atom. The fourth-order valence-electron chi connectivity index (χ4n) is 1.71. The van der Waals surface area contributed by atoms with Crippen LogP contribution in [0.25, 0.3) is 0 Å². The van der Waals surface area contributed by atoms with Gasteiger partial charge in [-0.05, 0) is 36.1 Å². The van der Waals surface area contributed by atoms with E-state index in [9.17, 15) is 17.2 Å². The van der Waals surface area contributed by atoms with E-state index in [1.54, 1.807) is 0 Å². The molecule has 0 N–H and O–H groups in total. The summed E-state index contributed by atoms with van der Waals surface area (Å²) >= 11 is 1.44. The molecule has 0 atom stereocenters. The van der Waals surface area contributed by atoms with Gasteiger partial charge in [-0.2, -0.15) is 4.31 Å². The van der Waals surface area contributed by atoms with Gasteiger partial charge in [0.05, 0.1) is 4.90 Å². The van der Waals surface area contributed by atoms with Crippen LogP contribution in [0.15, 0.2) is 34.5 Å². The van der Waals surface area contributed by atoms with E-state index in [4.69, 9.17) is 0 Å². The molecule has 0 aliphatic heterocycles. The lowest BCUT2D eigenvalue weighted by molar-refractivity contribution is 0.467. The minimum atomic E-state index is -3.92. The summed E-state index contributed by atoms with van der Waals surface area (Å²) in [6.07, 6.45) is 0. The highest BCUT2D eigenvalue weighted by atomic mass is 32.2. The molecule has 1 aromatic carbocycles. The van der Waals surface area contributed by atoms with Crippen LogP contribution >= 0.6 is 11.3 Å². The van der Waals surface area contributed by atoms with Crippen molar-refractivity contribution in [2.45, 2.75) is 18.4 Å². The van der Waals surface area contributed by atoms with Crippen molar-refractivity contribution in [3.8, 4) is 0 Å². The summed E-state index contributed by atoms with van der Waals surface area (Å²) in [4.78, 5) is 0.514. The average molecular weight is 317 g/mol. The molecule has 0 amide bonds. The fraction of sp³-hybridized carbons (Fsp3) is 0.231. The number of hydrogen-bond donors (Lipinski definition) is 0. The number of benzene rings is 1.